The molecule has 0 bridgehead atoms. The molecule has 2 heteroatoms. The van der Waals surface area contributed by atoms with Gasteiger partial charge in [0, 0.05) is 16.5 Å². The first-order valence-electron chi connectivity index (χ1n) is 6.34. The van der Waals surface area contributed by atoms with Gasteiger partial charge in [-0.1, -0.05) is 60.5 Å². The number of ketones is 1. The Bertz CT molecular complexity index is 574. The first-order chi connectivity index (χ1) is 8.63. The summed E-state index contributed by atoms with van der Waals surface area (Å²) >= 11 is 3.53. The molecule has 0 heterocycles. The largest absolute Gasteiger partial charge is 0.294 e. The summed E-state index contributed by atoms with van der Waals surface area (Å²) in [5.41, 5.74) is 0.842. The summed E-state index contributed by atoms with van der Waals surface area (Å²) in [5.74, 6) is 0.688. The van der Waals surface area contributed by atoms with E-state index in [9.17, 15) is 4.79 Å². The number of halogens is 1. The van der Waals surface area contributed by atoms with Crippen molar-refractivity contribution in [2.75, 3.05) is 0 Å². The average molecular weight is 305 g/mol. The second-order valence-electron chi connectivity index (χ2n) is 4.78. The average Bonchev–Trinajstić information content (AvgIpc) is 2.39. The van der Waals surface area contributed by atoms with Gasteiger partial charge >= 0.3 is 0 Å². The van der Waals surface area contributed by atoms with E-state index in [2.05, 4.69) is 29.8 Å². The zero-order valence-corrected chi connectivity index (χ0v) is 12.3. The Labute approximate surface area is 116 Å². The minimum Gasteiger partial charge on any atom is -0.294 e. The van der Waals surface area contributed by atoms with Crippen molar-refractivity contribution >= 4 is 32.5 Å². The van der Waals surface area contributed by atoms with Gasteiger partial charge in [0.25, 0.3) is 0 Å². The highest BCUT2D eigenvalue weighted by molar-refractivity contribution is 9.10. The van der Waals surface area contributed by atoms with Gasteiger partial charge in [-0.2, -0.15) is 0 Å². The van der Waals surface area contributed by atoms with Crippen LogP contribution in [-0.4, -0.2) is 5.78 Å². The van der Waals surface area contributed by atoms with E-state index < -0.39 is 0 Å². The molecular weight excluding hydrogens is 288 g/mol. The summed E-state index contributed by atoms with van der Waals surface area (Å²) in [6, 6.07) is 11.9. The Kier molecular flexibility index (Phi) is 4.18. The minimum atomic E-state index is 0.244. The maximum Gasteiger partial charge on any atom is 0.163 e. The molecule has 1 unspecified atom stereocenters. The summed E-state index contributed by atoms with van der Waals surface area (Å²) in [7, 11) is 0. The van der Waals surface area contributed by atoms with Crippen molar-refractivity contribution in [3.05, 3.63) is 46.4 Å². The van der Waals surface area contributed by atoms with Crippen molar-refractivity contribution in [3.8, 4) is 0 Å². The van der Waals surface area contributed by atoms with E-state index in [0.29, 0.717) is 12.3 Å². The van der Waals surface area contributed by atoms with Crippen LogP contribution in [0.2, 0.25) is 0 Å². The minimum absolute atomic E-state index is 0.244. The van der Waals surface area contributed by atoms with Crippen molar-refractivity contribution in [1.82, 2.24) is 0 Å². The first-order valence-corrected chi connectivity index (χ1v) is 7.13. The summed E-state index contributed by atoms with van der Waals surface area (Å²) in [4.78, 5) is 12.3. The van der Waals surface area contributed by atoms with Crippen LogP contribution >= 0.6 is 15.9 Å². The van der Waals surface area contributed by atoms with Gasteiger partial charge in [0.2, 0.25) is 0 Å². The summed E-state index contributed by atoms with van der Waals surface area (Å²) in [6.45, 7) is 4.25. The number of carbonyl (C=O) groups excluding carboxylic acids is 1. The Morgan fingerprint density at radius 3 is 2.50 bits per heavy atom. The van der Waals surface area contributed by atoms with Crippen LogP contribution in [0.15, 0.2) is 40.9 Å². The molecule has 2 rings (SSSR count). The van der Waals surface area contributed by atoms with Gasteiger partial charge in [-0.25, -0.2) is 0 Å². The SMILES string of the molecule is CCC(C)CC(=O)c1ccc(Br)c2ccccc12. The van der Waals surface area contributed by atoms with Gasteiger partial charge in [0.05, 0.1) is 0 Å². The van der Waals surface area contributed by atoms with Crippen LogP contribution in [0.1, 0.15) is 37.0 Å². The zero-order chi connectivity index (χ0) is 13.1. The molecular formula is C16H17BrO. The van der Waals surface area contributed by atoms with E-state index in [1.807, 2.05) is 36.4 Å². The molecule has 1 atom stereocenters. The predicted molar refractivity (Wildman–Crippen MR) is 80.1 cm³/mol. The third-order valence-electron chi connectivity index (χ3n) is 3.40. The third kappa shape index (κ3) is 2.64. The molecule has 0 fully saturated rings. The topological polar surface area (TPSA) is 17.1 Å². The Hall–Kier alpha value is -1.15. The molecule has 1 nitrogen and oxygen atoms in total. The maximum absolute atomic E-state index is 12.3. The summed E-state index contributed by atoms with van der Waals surface area (Å²) in [5, 5.41) is 2.15. The van der Waals surface area contributed by atoms with E-state index in [1.165, 1.54) is 0 Å². The molecule has 94 valence electrons. The number of Topliss-reactive ketones (excluding diaryl/α,β-unsaturated/α-hetero) is 1. The van der Waals surface area contributed by atoms with Crippen molar-refractivity contribution in [3.63, 3.8) is 0 Å². The maximum atomic E-state index is 12.3. The molecule has 0 N–H and O–H groups in total. The van der Waals surface area contributed by atoms with E-state index >= 15 is 0 Å². The summed E-state index contributed by atoms with van der Waals surface area (Å²) < 4.78 is 1.04. The fourth-order valence-electron chi connectivity index (χ4n) is 2.08. The molecule has 0 aliphatic carbocycles. The summed E-state index contributed by atoms with van der Waals surface area (Å²) in [6.07, 6.45) is 1.67. The lowest BCUT2D eigenvalue weighted by Crippen LogP contribution is -2.06. The van der Waals surface area contributed by atoms with Crippen LogP contribution in [0.3, 0.4) is 0 Å². The highest BCUT2D eigenvalue weighted by atomic mass is 79.9. The fraction of sp³-hybridized carbons (Fsp3) is 0.312. The van der Waals surface area contributed by atoms with Crippen LogP contribution < -0.4 is 0 Å². The van der Waals surface area contributed by atoms with Gasteiger partial charge in [-0.15, -0.1) is 0 Å². The number of rotatable bonds is 4. The van der Waals surface area contributed by atoms with Crippen LogP contribution in [0, 0.1) is 5.92 Å². The van der Waals surface area contributed by atoms with Crippen molar-refractivity contribution < 1.29 is 4.79 Å². The molecule has 0 aliphatic rings. The van der Waals surface area contributed by atoms with Crippen LogP contribution in [-0.2, 0) is 0 Å². The second kappa shape index (κ2) is 5.66. The van der Waals surface area contributed by atoms with Crippen molar-refractivity contribution in [2.24, 2.45) is 5.92 Å². The number of hydrogen-bond donors (Lipinski definition) is 0. The molecule has 0 spiro atoms. The molecule has 0 amide bonds. The van der Waals surface area contributed by atoms with Gasteiger partial charge < -0.3 is 0 Å². The fourth-order valence-corrected chi connectivity index (χ4v) is 2.55. The monoisotopic (exact) mass is 304 g/mol. The number of carbonyl (C=O) groups is 1. The highest BCUT2D eigenvalue weighted by Crippen LogP contribution is 2.28. The standard InChI is InChI=1S/C16H17BrO/c1-3-11(2)10-16(18)14-8-9-15(17)13-7-5-4-6-12(13)14/h4-9,11H,3,10H2,1-2H3. The molecule has 0 aliphatic heterocycles. The Morgan fingerprint density at radius 2 is 1.83 bits per heavy atom. The van der Waals surface area contributed by atoms with Gasteiger partial charge in [0.1, 0.15) is 0 Å². The molecule has 0 saturated carbocycles. The number of hydrogen-bond acceptors (Lipinski definition) is 1. The molecule has 0 radical (unpaired) electrons. The van der Waals surface area contributed by atoms with E-state index in [-0.39, 0.29) is 5.78 Å². The lowest BCUT2D eigenvalue weighted by molar-refractivity contribution is 0.0965. The third-order valence-corrected chi connectivity index (χ3v) is 4.09. The lowest BCUT2D eigenvalue weighted by atomic mass is 9.94. The molecule has 0 aromatic heterocycles. The van der Waals surface area contributed by atoms with E-state index in [4.69, 9.17) is 0 Å². The van der Waals surface area contributed by atoms with Gasteiger partial charge in [-0.05, 0) is 28.8 Å². The normalized spacial score (nSPS) is 12.6. The van der Waals surface area contributed by atoms with E-state index in [0.717, 1.165) is 27.2 Å². The van der Waals surface area contributed by atoms with Crippen LogP contribution in [0.25, 0.3) is 10.8 Å². The van der Waals surface area contributed by atoms with Gasteiger partial charge in [0.15, 0.2) is 5.78 Å². The first kappa shape index (κ1) is 13.3. The van der Waals surface area contributed by atoms with Crippen LogP contribution in [0.5, 0.6) is 0 Å². The van der Waals surface area contributed by atoms with Crippen LogP contribution in [0.4, 0.5) is 0 Å². The number of benzene rings is 2. The van der Waals surface area contributed by atoms with E-state index in [1.54, 1.807) is 0 Å². The van der Waals surface area contributed by atoms with Crippen molar-refractivity contribution in [2.45, 2.75) is 26.7 Å². The van der Waals surface area contributed by atoms with Crippen molar-refractivity contribution in [1.29, 1.82) is 0 Å². The van der Waals surface area contributed by atoms with Gasteiger partial charge in [-0.3, -0.25) is 4.79 Å². The Morgan fingerprint density at radius 1 is 1.17 bits per heavy atom. The Balaban J connectivity index is 2.45. The number of fused-ring (bicyclic) bond motifs is 1. The lowest BCUT2D eigenvalue weighted by Gasteiger charge is -2.10. The highest BCUT2D eigenvalue weighted by Gasteiger charge is 2.13. The predicted octanol–water partition coefficient (Wildman–Crippen LogP) is 5.22. The molecule has 0 saturated heterocycles. The quantitative estimate of drug-likeness (QED) is 0.708. The smallest absolute Gasteiger partial charge is 0.163 e. The molecule has 18 heavy (non-hydrogen) atoms. The zero-order valence-electron chi connectivity index (χ0n) is 10.7. The second-order valence-corrected chi connectivity index (χ2v) is 5.64. The molecule has 2 aromatic rings. The molecule has 2 aromatic carbocycles.